The standard InChI is InChI=1S/C23H36N6O5S/c1-15-13-17-5-3-7-20(21(17)27-14-15)35(32,33)28-19(6-4-10-26-23(24)25)22(31)29-11-8-18(9-12-29)34-16(2)30/h3,5,7,15,18-19,27-28H,4,6,8-14H2,1-2H3,(H4,24,25,26)/t15?,19-/m0/s1. The maximum Gasteiger partial charge on any atom is 0.302 e. The number of hydrogen-bond donors (Lipinski definition) is 5. The van der Waals surface area contributed by atoms with Crippen LogP contribution in [0.5, 0.6) is 0 Å². The van der Waals surface area contributed by atoms with E-state index in [0.717, 1.165) is 12.0 Å². The van der Waals surface area contributed by atoms with E-state index >= 15 is 0 Å². The zero-order valence-corrected chi connectivity index (χ0v) is 21.1. The molecule has 0 saturated carbocycles. The van der Waals surface area contributed by atoms with Crippen molar-refractivity contribution < 1.29 is 22.7 Å². The molecule has 11 nitrogen and oxygen atoms in total. The summed E-state index contributed by atoms with van der Waals surface area (Å²) in [7, 11) is -4.00. The highest BCUT2D eigenvalue weighted by Crippen LogP contribution is 2.31. The number of carbonyl (C=O) groups is 2. The summed E-state index contributed by atoms with van der Waals surface area (Å²) < 4.78 is 34.8. The third-order valence-electron chi connectivity index (χ3n) is 6.26. The second kappa shape index (κ2) is 11.7. The van der Waals surface area contributed by atoms with Crippen molar-refractivity contribution >= 4 is 33.5 Å². The number of ether oxygens (including phenoxy) is 1. The quantitative estimate of drug-likeness (QED) is 0.141. The van der Waals surface area contributed by atoms with Gasteiger partial charge in [-0.25, -0.2) is 8.42 Å². The number of esters is 1. The lowest BCUT2D eigenvalue weighted by Gasteiger charge is -2.34. The van der Waals surface area contributed by atoms with Gasteiger partial charge in [0.2, 0.25) is 15.9 Å². The Labute approximate surface area is 206 Å². The number of piperidine rings is 1. The lowest BCUT2D eigenvalue weighted by molar-refractivity contribution is -0.149. The van der Waals surface area contributed by atoms with Crippen LogP contribution in [0.1, 0.15) is 45.1 Å². The molecular weight excluding hydrogens is 472 g/mol. The summed E-state index contributed by atoms with van der Waals surface area (Å²) in [6.07, 6.45) is 2.22. The van der Waals surface area contributed by atoms with Gasteiger partial charge in [-0.05, 0) is 36.8 Å². The highest BCUT2D eigenvalue weighted by atomic mass is 32.2. The largest absolute Gasteiger partial charge is 0.462 e. The van der Waals surface area contributed by atoms with Crippen LogP contribution >= 0.6 is 0 Å². The van der Waals surface area contributed by atoms with E-state index in [4.69, 9.17) is 15.9 Å². The van der Waals surface area contributed by atoms with E-state index in [1.54, 1.807) is 17.0 Å². The number of likely N-dealkylation sites (tertiary alicyclic amines) is 1. The van der Waals surface area contributed by atoms with Crippen LogP contribution in [0.25, 0.3) is 0 Å². The van der Waals surface area contributed by atoms with E-state index in [2.05, 4.69) is 22.3 Å². The molecule has 1 amide bonds. The predicted octanol–water partition coefficient (Wildman–Crippen LogP) is 0.755. The van der Waals surface area contributed by atoms with Crippen molar-refractivity contribution in [3.05, 3.63) is 23.8 Å². The van der Waals surface area contributed by atoms with Crippen molar-refractivity contribution in [1.82, 2.24) is 14.9 Å². The molecule has 2 aliphatic heterocycles. The first-order chi connectivity index (χ1) is 16.6. The molecule has 2 aliphatic rings. The molecule has 0 spiro atoms. The van der Waals surface area contributed by atoms with E-state index in [1.165, 1.54) is 6.92 Å². The van der Waals surface area contributed by atoms with Crippen LogP contribution < -0.4 is 21.1 Å². The molecule has 0 radical (unpaired) electrons. The van der Waals surface area contributed by atoms with Crippen LogP contribution in [0.3, 0.4) is 0 Å². The molecule has 1 aromatic rings. The summed E-state index contributed by atoms with van der Waals surface area (Å²) in [5, 5.41) is 13.2. The minimum atomic E-state index is -4.00. The number of guanidine groups is 1. The number of nitrogens with zero attached hydrogens (tertiary/aromatic N) is 1. The highest BCUT2D eigenvalue weighted by molar-refractivity contribution is 7.89. The fourth-order valence-electron chi connectivity index (χ4n) is 4.56. The van der Waals surface area contributed by atoms with Gasteiger partial charge in [0, 0.05) is 45.9 Å². The zero-order chi connectivity index (χ0) is 25.6. The summed E-state index contributed by atoms with van der Waals surface area (Å²) in [5.74, 6) is -0.458. The van der Waals surface area contributed by atoms with Gasteiger partial charge in [-0.1, -0.05) is 19.1 Å². The van der Waals surface area contributed by atoms with Gasteiger partial charge in [-0.2, -0.15) is 4.72 Å². The van der Waals surface area contributed by atoms with Crippen molar-refractivity contribution in [1.29, 1.82) is 5.41 Å². The molecule has 1 fully saturated rings. The molecule has 6 N–H and O–H groups in total. The summed E-state index contributed by atoms with van der Waals surface area (Å²) >= 11 is 0. The number of carbonyl (C=O) groups excluding carboxylic acids is 2. The second-order valence-electron chi connectivity index (χ2n) is 9.27. The molecule has 12 heteroatoms. The van der Waals surface area contributed by atoms with Crippen LogP contribution in [-0.2, 0) is 30.8 Å². The Morgan fingerprint density at radius 1 is 1.31 bits per heavy atom. The Hall–Kier alpha value is -2.86. The number of benzene rings is 1. The first-order valence-electron chi connectivity index (χ1n) is 12.0. The minimum absolute atomic E-state index is 0.134. The SMILES string of the molecule is CC(=O)OC1CCN(C(=O)[C@H](CCCNC(=N)N)NS(=O)(=O)c2cccc3c2NCC(C)C3)CC1. The Kier molecular flexibility index (Phi) is 8.95. The Morgan fingerprint density at radius 3 is 2.69 bits per heavy atom. The number of rotatable bonds is 9. The molecule has 2 atom stereocenters. The van der Waals surface area contributed by atoms with Gasteiger partial charge in [-0.3, -0.25) is 15.0 Å². The number of hydrogen-bond acceptors (Lipinski definition) is 7. The van der Waals surface area contributed by atoms with Crippen molar-refractivity contribution in [3.63, 3.8) is 0 Å². The molecule has 0 bridgehead atoms. The van der Waals surface area contributed by atoms with Crippen LogP contribution in [0, 0.1) is 11.3 Å². The van der Waals surface area contributed by atoms with E-state index in [1.807, 2.05) is 6.07 Å². The highest BCUT2D eigenvalue weighted by Gasteiger charge is 2.33. The molecule has 3 rings (SSSR count). The summed E-state index contributed by atoms with van der Waals surface area (Å²) in [6.45, 7) is 5.23. The monoisotopic (exact) mass is 508 g/mol. The maximum absolute atomic E-state index is 13.4. The van der Waals surface area contributed by atoms with E-state index in [-0.39, 0.29) is 35.3 Å². The van der Waals surface area contributed by atoms with E-state index in [0.29, 0.717) is 57.0 Å². The zero-order valence-electron chi connectivity index (χ0n) is 20.3. The van der Waals surface area contributed by atoms with Gasteiger partial charge in [0.15, 0.2) is 5.96 Å². The minimum Gasteiger partial charge on any atom is -0.462 e. The van der Waals surface area contributed by atoms with Gasteiger partial charge in [0.1, 0.15) is 17.0 Å². The topological polar surface area (TPSA) is 167 Å². The van der Waals surface area contributed by atoms with E-state index < -0.39 is 16.1 Å². The molecule has 194 valence electrons. The maximum atomic E-state index is 13.4. The fraction of sp³-hybridized carbons (Fsp3) is 0.609. The molecule has 1 unspecified atom stereocenters. The number of anilines is 1. The van der Waals surface area contributed by atoms with Crippen molar-refractivity contribution in [2.75, 3.05) is 31.5 Å². The molecule has 0 aliphatic carbocycles. The second-order valence-corrected chi connectivity index (χ2v) is 11.0. The number of nitrogens with two attached hydrogens (primary N) is 1. The van der Waals surface area contributed by atoms with Gasteiger partial charge in [0.05, 0.1) is 5.69 Å². The lowest BCUT2D eigenvalue weighted by Crippen LogP contribution is -2.51. The van der Waals surface area contributed by atoms with Crippen molar-refractivity contribution in [2.24, 2.45) is 11.7 Å². The average Bonchev–Trinajstić information content (AvgIpc) is 2.80. The van der Waals surface area contributed by atoms with Gasteiger partial charge in [0.25, 0.3) is 0 Å². The lowest BCUT2D eigenvalue weighted by atomic mass is 9.96. The molecular formula is C23H36N6O5S. The third kappa shape index (κ3) is 7.31. The number of para-hydroxylation sites is 1. The van der Waals surface area contributed by atoms with Crippen LogP contribution in [0.2, 0.25) is 0 Å². The number of fused-ring (bicyclic) bond motifs is 1. The van der Waals surface area contributed by atoms with Gasteiger partial charge < -0.3 is 26.0 Å². The smallest absolute Gasteiger partial charge is 0.302 e. The fourth-order valence-corrected chi connectivity index (χ4v) is 6.01. The van der Waals surface area contributed by atoms with Gasteiger partial charge in [-0.15, -0.1) is 0 Å². The summed E-state index contributed by atoms with van der Waals surface area (Å²) in [5.41, 5.74) is 6.85. The molecule has 0 aromatic heterocycles. The Bertz CT molecular complexity index is 1040. The Morgan fingerprint density at radius 2 is 2.03 bits per heavy atom. The number of amides is 1. The molecule has 35 heavy (non-hydrogen) atoms. The van der Waals surface area contributed by atoms with Crippen molar-refractivity contribution in [2.45, 2.75) is 63.0 Å². The van der Waals surface area contributed by atoms with Crippen LogP contribution in [0.4, 0.5) is 5.69 Å². The summed E-state index contributed by atoms with van der Waals surface area (Å²) in [4.78, 5) is 26.4. The first-order valence-corrected chi connectivity index (χ1v) is 13.5. The van der Waals surface area contributed by atoms with Crippen LogP contribution in [0.15, 0.2) is 23.1 Å². The predicted molar refractivity (Wildman–Crippen MR) is 132 cm³/mol. The van der Waals surface area contributed by atoms with Crippen molar-refractivity contribution in [3.8, 4) is 0 Å². The van der Waals surface area contributed by atoms with E-state index in [9.17, 15) is 18.0 Å². The normalized spacial score (nSPS) is 19.3. The third-order valence-corrected chi connectivity index (χ3v) is 7.78. The molecule has 1 saturated heterocycles. The van der Waals surface area contributed by atoms with Gasteiger partial charge >= 0.3 is 5.97 Å². The average molecular weight is 509 g/mol. The first kappa shape index (κ1) is 26.7. The summed E-state index contributed by atoms with van der Waals surface area (Å²) in [6, 6.07) is 4.21. The Balaban J connectivity index is 1.75. The number of nitrogens with one attached hydrogen (secondary N) is 4. The molecule has 2 heterocycles. The number of sulfonamides is 1. The molecule has 1 aromatic carbocycles. The van der Waals surface area contributed by atoms with Crippen LogP contribution in [-0.4, -0.2) is 69.5 Å².